The Morgan fingerprint density at radius 3 is 2.50 bits per heavy atom. The molecule has 2 N–H and O–H groups in total. The van der Waals surface area contributed by atoms with Crippen LogP contribution in [-0.4, -0.2) is 35.9 Å². The van der Waals surface area contributed by atoms with Gasteiger partial charge in [0.05, 0.1) is 17.2 Å². The molecule has 1 amide bonds. The Morgan fingerprint density at radius 1 is 1.12 bits per heavy atom. The van der Waals surface area contributed by atoms with Gasteiger partial charge in [-0.1, -0.05) is 53.5 Å². The predicted octanol–water partition coefficient (Wildman–Crippen LogP) is 5.11. The summed E-state index contributed by atoms with van der Waals surface area (Å²) >= 11 is 12.0. The highest BCUT2D eigenvalue weighted by Crippen LogP contribution is 2.39. The van der Waals surface area contributed by atoms with E-state index in [1.807, 2.05) is 0 Å². The molecule has 1 aromatic heterocycles. The van der Waals surface area contributed by atoms with Crippen molar-refractivity contribution in [1.29, 1.82) is 0 Å². The number of hydrogen-bond acceptors (Lipinski definition) is 4. The molecule has 2 aromatic carbocycles. The van der Waals surface area contributed by atoms with Crippen LogP contribution in [0.1, 0.15) is 5.69 Å². The number of halogens is 5. The molecule has 0 bridgehead atoms. The summed E-state index contributed by atoms with van der Waals surface area (Å²) in [6, 6.07) is 13.3. The van der Waals surface area contributed by atoms with E-state index in [1.54, 1.807) is 48.5 Å². The van der Waals surface area contributed by atoms with Crippen molar-refractivity contribution < 1.29 is 22.7 Å². The van der Waals surface area contributed by atoms with Gasteiger partial charge in [0.25, 0.3) is 0 Å². The number of nitrogens with one attached hydrogen (secondary N) is 2. The van der Waals surface area contributed by atoms with Crippen molar-refractivity contribution >= 4 is 34.8 Å². The fourth-order valence-corrected chi connectivity index (χ4v) is 3.52. The van der Waals surface area contributed by atoms with E-state index in [9.17, 15) is 18.0 Å². The van der Waals surface area contributed by atoms with E-state index in [1.165, 1.54) is 7.11 Å². The molecule has 11 heteroatoms. The molecular weight excluding hydrogens is 468 g/mol. The molecule has 0 aliphatic heterocycles. The number of amides is 1. The monoisotopic (exact) mass is 486 g/mol. The third kappa shape index (κ3) is 5.66. The SMILES string of the molecule is COc1cc(NCCNC(=O)Cn2nc(-c3ccccc3)c(Cl)c2C(F)(F)F)ccc1Cl. The van der Waals surface area contributed by atoms with Gasteiger partial charge in [-0.3, -0.25) is 4.79 Å². The van der Waals surface area contributed by atoms with E-state index in [4.69, 9.17) is 27.9 Å². The Kier molecular flexibility index (Phi) is 7.52. The van der Waals surface area contributed by atoms with Gasteiger partial charge in [0.1, 0.15) is 18.0 Å². The fourth-order valence-electron chi connectivity index (χ4n) is 2.98. The van der Waals surface area contributed by atoms with Crippen LogP contribution in [0.5, 0.6) is 5.75 Å². The smallest absolute Gasteiger partial charge is 0.434 e. The first-order valence-electron chi connectivity index (χ1n) is 9.43. The first-order valence-corrected chi connectivity index (χ1v) is 10.2. The van der Waals surface area contributed by atoms with E-state index in [0.717, 1.165) is 0 Å². The molecule has 0 aliphatic carbocycles. The van der Waals surface area contributed by atoms with E-state index in [0.29, 0.717) is 33.2 Å². The fraction of sp³-hybridized carbons (Fsp3) is 0.238. The second kappa shape index (κ2) is 10.1. The lowest BCUT2D eigenvalue weighted by Crippen LogP contribution is -2.33. The minimum Gasteiger partial charge on any atom is -0.495 e. The van der Waals surface area contributed by atoms with Crippen molar-refractivity contribution in [3.05, 3.63) is 64.3 Å². The Hall–Kier alpha value is -2.91. The zero-order valence-electron chi connectivity index (χ0n) is 16.8. The number of nitrogens with zero attached hydrogens (tertiary/aromatic N) is 2. The number of carbonyl (C=O) groups excluding carboxylic acids is 1. The molecule has 3 aromatic rings. The van der Waals surface area contributed by atoms with Crippen LogP contribution in [0.3, 0.4) is 0 Å². The van der Waals surface area contributed by atoms with E-state index >= 15 is 0 Å². The lowest BCUT2D eigenvalue weighted by Gasteiger charge is -2.12. The van der Waals surface area contributed by atoms with Crippen LogP contribution in [-0.2, 0) is 17.5 Å². The summed E-state index contributed by atoms with van der Waals surface area (Å²) in [6.07, 6.45) is -4.77. The topological polar surface area (TPSA) is 68.2 Å². The molecule has 0 atom stereocenters. The number of rotatable bonds is 8. The maximum Gasteiger partial charge on any atom is 0.434 e. The highest BCUT2D eigenvalue weighted by atomic mass is 35.5. The van der Waals surface area contributed by atoms with Crippen LogP contribution in [0.2, 0.25) is 10.0 Å². The van der Waals surface area contributed by atoms with Gasteiger partial charge in [0.2, 0.25) is 5.91 Å². The summed E-state index contributed by atoms with van der Waals surface area (Å²) in [5.41, 5.74) is -0.0683. The van der Waals surface area contributed by atoms with Crippen molar-refractivity contribution in [2.75, 3.05) is 25.5 Å². The Bertz CT molecular complexity index is 1090. The number of hydrogen-bond donors (Lipinski definition) is 2. The minimum atomic E-state index is -4.77. The normalized spacial score (nSPS) is 11.3. The van der Waals surface area contributed by atoms with Gasteiger partial charge < -0.3 is 15.4 Å². The van der Waals surface area contributed by atoms with Crippen LogP contribution < -0.4 is 15.4 Å². The third-order valence-corrected chi connectivity index (χ3v) is 5.10. The molecule has 1 heterocycles. The standard InChI is InChI=1S/C21H19Cl2F3N4O2/c1-32-16-11-14(7-8-15(16)22)27-9-10-28-17(31)12-30-20(21(24,25)26)18(23)19(29-30)13-5-3-2-4-6-13/h2-8,11,27H,9-10,12H2,1H3,(H,28,31). The van der Waals surface area contributed by atoms with Crippen LogP contribution in [0.4, 0.5) is 18.9 Å². The molecule has 0 unspecified atom stereocenters. The average Bonchev–Trinajstić information content (AvgIpc) is 3.08. The summed E-state index contributed by atoms with van der Waals surface area (Å²) in [7, 11) is 1.49. The summed E-state index contributed by atoms with van der Waals surface area (Å²) < 4.78 is 46.4. The van der Waals surface area contributed by atoms with Gasteiger partial charge >= 0.3 is 6.18 Å². The Labute approximate surface area is 192 Å². The van der Waals surface area contributed by atoms with E-state index < -0.39 is 29.3 Å². The zero-order valence-corrected chi connectivity index (χ0v) is 18.4. The van der Waals surface area contributed by atoms with Crippen LogP contribution >= 0.6 is 23.2 Å². The highest BCUT2D eigenvalue weighted by molar-refractivity contribution is 6.33. The molecule has 0 saturated heterocycles. The first-order chi connectivity index (χ1) is 15.2. The summed E-state index contributed by atoms with van der Waals surface area (Å²) in [6.45, 7) is -0.125. The molecule has 170 valence electrons. The third-order valence-electron chi connectivity index (χ3n) is 4.43. The summed E-state index contributed by atoms with van der Waals surface area (Å²) in [4.78, 5) is 12.3. The molecular formula is C21H19Cl2F3N4O2. The van der Waals surface area contributed by atoms with Gasteiger partial charge in [-0.25, -0.2) is 4.68 Å². The number of anilines is 1. The van der Waals surface area contributed by atoms with Crippen molar-refractivity contribution in [2.24, 2.45) is 0 Å². The number of alkyl halides is 3. The minimum absolute atomic E-state index is 0.0363. The second-order valence-electron chi connectivity index (χ2n) is 6.66. The number of aromatic nitrogens is 2. The van der Waals surface area contributed by atoms with Crippen LogP contribution in [0.15, 0.2) is 48.5 Å². The molecule has 0 saturated carbocycles. The highest BCUT2D eigenvalue weighted by Gasteiger charge is 2.40. The lowest BCUT2D eigenvalue weighted by atomic mass is 10.1. The maximum atomic E-state index is 13.6. The molecule has 6 nitrogen and oxygen atoms in total. The van der Waals surface area contributed by atoms with Crippen LogP contribution in [0.25, 0.3) is 11.3 Å². The van der Waals surface area contributed by atoms with Crippen molar-refractivity contribution in [3.63, 3.8) is 0 Å². The summed E-state index contributed by atoms with van der Waals surface area (Å²) in [5.74, 6) is -0.144. The van der Waals surface area contributed by atoms with Crippen molar-refractivity contribution in [3.8, 4) is 17.0 Å². The quantitative estimate of drug-likeness (QED) is 0.434. The molecule has 3 rings (SSSR count). The number of methoxy groups -OCH3 is 1. The first kappa shape index (κ1) is 23.7. The van der Waals surface area contributed by atoms with Gasteiger partial charge in [-0.05, 0) is 12.1 Å². The number of carbonyl (C=O) groups is 1. The Balaban J connectivity index is 1.64. The molecule has 32 heavy (non-hydrogen) atoms. The zero-order chi connectivity index (χ0) is 23.3. The van der Waals surface area contributed by atoms with Crippen molar-refractivity contribution in [2.45, 2.75) is 12.7 Å². The van der Waals surface area contributed by atoms with Crippen molar-refractivity contribution in [1.82, 2.24) is 15.1 Å². The number of ether oxygens (including phenoxy) is 1. The van der Waals surface area contributed by atoms with Gasteiger partial charge in [-0.2, -0.15) is 18.3 Å². The molecule has 0 spiro atoms. The van der Waals surface area contributed by atoms with E-state index in [-0.39, 0.29) is 12.2 Å². The molecule has 0 radical (unpaired) electrons. The Morgan fingerprint density at radius 2 is 1.84 bits per heavy atom. The lowest BCUT2D eigenvalue weighted by molar-refractivity contribution is -0.144. The summed E-state index contributed by atoms with van der Waals surface area (Å²) in [5, 5.41) is 9.48. The van der Waals surface area contributed by atoms with E-state index in [2.05, 4.69) is 15.7 Å². The molecule has 0 aliphatic rings. The van der Waals surface area contributed by atoms with Gasteiger partial charge in [-0.15, -0.1) is 0 Å². The predicted molar refractivity (Wildman–Crippen MR) is 117 cm³/mol. The number of benzene rings is 2. The van der Waals surface area contributed by atoms with Crippen LogP contribution in [0, 0.1) is 0 Å². The van der Waals surface area contributed by atoms with Gasteiger partial charge in [0.15, 0.2) is 5.69 Å². The largest absolute Gasteiger partial charge is 0.495 e. The second-order valence-corrected chi connectivity index (χ2v) is 7.44. The average molecular weight is 487 g/mol. The maximum absolute atomic E-state index is 13.6. The van der Waals surface area contributed by atoms with Gasteiger partial charge in [0, 0.05) is 30.4 Å². The molecule has 0 fully saturated rings.